The topological polar surface area (TPSA) is 95.9 Å². The lowest BCUT2D eigenvalue weighted by Gasteiger charge is -2.32. The third-order valence-electron chi connectivity index (χ3n) is 4.78. The number of esters is 1. The molecule has 0 spiro atoms. The first-order valence-corrected chi connectivity index (χ1v) is 9.60. The largest absolute Gasteiger partial charge is 0.461 e. The van der Waals surface area contributed by atoms with Crippen molar-refractivity contribution in [1.82, 2.24) is 10.4 Å². The number of nitrogens with one attached hydrogen (secondary N) is 1. The van der Waals surface area contributed by atoms with Crippen LogP contribution in [-0.4, -0.2) is 47.2 Å². The molecule has 1 rings (SSSR count). The van der Waals surface area contributed by atoms with Gasteiger partial charge < -0.3 is 10.1 Å². The number of ether oxygens (including phenoxy) is 1. The lowest BCUT2D eigenvalue weighted by atomic mass is 9.86. The normalized spacial score (nSPS) is 17.4. The van der Waals surface area contributed by atoms with Crippen LogP contribution in [0.25, 0.3) is 0 Å². The summed E-state index contributed by atoms with van der Waals surface area (Å²) >= 11 is 0. The van der Waals surface area contributed by atoms with E-state index in [1.807, 2.05) is 27.7 Å². The number of nitrogens with zero attached hydrogens (tertiary/aromatic N) is 1. The molecule has 0 aromatic rings. The highest BCUT2D eigenvalue weighted by atomic mass is 16.5. The van der Waals surface area contributed by atoms with Crippen LogP contribution in [0, 0.1) is 11.3 Å². The number of unbranched alkanes of at least 4 members (excludes halogenated alkanes) is 1. The van der Waals surface area contributed by atoms with Gasteiger partial charge in [0.05, 0.1) is 12.5 Å². The number of hydrogen-bond acceptors (Lipinski definition) is 5. The van der Waals surface area contributed by atoms with E-state index in [-0.39, 0.29) is 25.0 Å². The van der Waals surface area contributed by atoms with Gasteiger partial charge in [0.25, 0.3) is 0 Å². The number of hydrogen-bond donors (Lipinski definition) is 2. The first kappa shape index (κ1) is 22.4. The SMILES string of the molecule is CCCCC(CN(O)C=O)C(=O)N[C@H](C(=O)OC1CCCC1)C(C)(C)C. The quantitative estimate of drug-likeness (QED) is 0.267. The molecule has 1 aliphatic rings. The maximum atomic E-state index is 12.7. The number of carbonyl (C=O) groups excluding carboxylic acids is 3. The van der Waals surface area contributed by atoms with Gasteiger partial charge in [0.2, 0.25) is 12.3 Å². The molecule has 0 aromatic heterocycles. The van der Waals surface area contributed by atoms with Gasteiger partial charge in [-0.3, -0.25) is 14.8 Å². The molecule has 0 aromatic carbocycles. The van der Waals surface area contributed by atoms with Gasteiger partial charge in [-0.25, -0.2) is 9.86 Å². The van der Waals surface area contributed by atoms with E-state index in [0.29, 0.717) is 11.5 Å². The zero-order valence-corrected chi connectivity index (χ0v) is 16.5. The Morgan fingerprint density at radius 1 is 1.31 bits per heavy atom. The van der Waals surface area contributed by atoms with Crippen LogP contribution in [0.3, 0.4) is 0 Å². The van der Waals surface area contributed by atoms with E-state index in [2.05, 4.69) is 5.32 Å². The Kier molecular flexibility index (Phi) is 9.05. The van der Waals surface area contributed by atoms with E-state index in [4.69, 9.17) is 4.74 Å². The van der Waals surface area contributed by atoms with Crippen molar-refractivity contribution in [1.29, 1.82) is 0 Å². The van der Waals surface area contributed by atoms with Crippen LogP contribution in [0.1, 0.15) is 72.6 Å². The fourth-order valence-electron chi connectivity index (χ4n) is 3.15. The van der Waals surface area contributed by atoms with Crippen LogP contribution in [0.4, 0.5) is 0 Å². The lowest BCUT2D eigenvalue weighted by Crippen LogP contribution is -2.53. The highest BCUT2D eigenvalue weighted by Gasteiger charge is 2.37. The molecule has 1 saturated carbocycles. The van der Waals surface area contributed by atoms with Crippen molar-refractivity contribution in [3.63, 3.8) is 0 Å². The average molecular weight is 370 g/mol. The number of carbonyl (C=O) groups is 3. The Morgan fingerprint density at radius 3 is 2.42 bits per heavy atom. The average Bonchev–Trinajstić information content (AvgIpc) is 3.07. The van der Waals surface area contributed by atoms with Crippen LogP contribution in [-0.2, 0) is 19.1 Å². The van der Waals surface area contributed by atoms with Crippen molar-refractivity contribution in [3.8, 4) is 0 Å². The Labute approximate surface area is 156 Å². The summed E-state index contributed by atoms with van der Waals surface area (Å²) in [6.45, 7) is 7.53. The summed E-state index contributed by atoms with van der Waals surface area (Å²) in [4.78, 5) is 36.1. The summed E-state index contributed by atoms with van der Waals surface area (Å²) in [7, 11) is 0. The third kappa shape index (κ3) is 7.32. The number of amides is 2. The molecule has 7 heteroatoms. The molecule has 0 radical (unpaired) electrons. The minimum atomic E-state index is -0.775. The summed E-state index contributed by atoms with van der Waals surface area (Å²) in [5, 5.41) is 12.7. The summed E-state index contributed by atoms with van der Waals surface area (Å²) in [6, 6.07) is -0.775. The Balaban J connectivity index is 2.80. The molecule has 1 fully saturated rings. The van der Waals surface area contributed by atoms with E-state index in [1.165, 1.54) is 0 Å². The monoisotopic (exact) mass is 370 g/mol. The standard InChI is InChI=1S/C19H34N2O5/c1-5-6-9-14(12-21(25)13-22)17(23)20-16(19(2,3)4)18(24)26-15-10-7-8-11-15/h13-16,25H,5-12H2,1-4H3,(H,20,23)/t14?,16-/m1/s1. The highest BCUT2D eigenvalue weighted by molar-refractivity contribution is 5.86. The molecule has 2 atom stereocenters. The van der Waals surface area contributed by atoms with Gasteiger partial charge in [-0.2, -0.15) is 0 Å². The fourth-order valence-corrected chi connectivity index (χ4v) is 3.15. The van der Waals surface area contributed by atoms with E-state index >= 15 is 0 Å². The zero-order chi connectivity index (χ0) is 19.7. The third-order valence-corrected chi connectivity index (χ3v) is 4.78. The van der Waals surface area contributed by atoms with Crippen LogP contribution in [0.2, 0.25) is 0 Å². The van der Waals surface area contributed by atoms with E-state index < -0.39 is 23.3 Å². The molecule has 0 saturated heterocycles. The Hall–Kier alpha value is -1.63. The second-order valence-corrected chi connectivity index (χ2v) is 8.22. The molecule has 0 heterocycles. The molecular formula is C19H34N2O5. The van der Waals surface area contributed by atoms with Crippen molar-refractivity contribution in [3.05, 3.63) is 0 Å². The zero-order valence-electron chi connectivity index (χ0n) is 16.5. The molecule has 150 valence electrons. The van der Waals surface area contributed by atoms with Crippen LogP contribution in [0.5, 0.6) is 0 Å². The molecule has 0 bridgehead atoms. The van der Waals surface area contributed by atoms with Gasteiger partial charge >= 0.3 is 5.97 Å². The maximum absolute atomic E-state index is 12.7. The molecule has 7 nitrogen and oxygen atoms in total. The van der Waals surface area contributed by atoms with Gasteiger partial charge in [-0.1, -0.05) is 40.5 Å². The molecule has 1 aliphatic carbocycles. The predicted octanol–water partition coefficient (Wildman–Crippen LogP) is 2.66. The van der Waals surface area contributed by atoms with Gasteiger partial charge in [-0.05, 0) is 37.5 Å². The van der Waals surface area contributed by atoms with Crippen molar-refractivity contribution < 1.29 is 24.3 Å². The van der Waals surface area contributed by atoms with E-state index in [9.17, 15) is 19.6 Å². The molecule has 26 heavy (non-hydrogen) atoms. The summed E-state index contributed by atoms with van der Waals surface area (Å²) in [5.74, 6) is -1.33. The van der Waals surface area contributed by atoms with Crippen molar-refractivity contribution in [2.24, 2.45) is 11.3 Å². The van der Waals surface area contributed by atoms with Crippen molar-refractivity contribution in [2.45, 2.75) is 84.8 Å². The van der Waals surface area contributed by atoms with Crippen LogP contribution < -0.4 is 5.32 Å². The maximum Gasteiger partial charge on any atom is 0.329 e. The number of hydroxylamine groups is 2. The first-order valence-electron chi connectivity index (χ1n) is 9.60. The summed E-state index contributed by atoms with van der Waals surface area (Å²) < 4.78 is 5.59. The molecule has 0 aliphatic heterocycles. The second-order valence-electron chi connectivity index (χ2n) is 8.22. The predicted molar refractivity (Wildman–Crippen MR) is 97.3 cm³/mol. The molecule has 2 N–H and O–H groups in total. The minimum absolute atomic E-state index is 0.0665. The Bertz CT molecular complexity index is 469. The van der Waals surface area contributed by atoms with Gasteiger partial charge in [0.15, 0.2) is 0 Å². The lowest BCUT2D eigenvalue weighted by molar-refractivity contribution is -0.159. The molecular weight excluding hydrogens is 336 g/mol. The summed E-state index contributed by atoms with van der Waals surface area (Å²) in [5.41, 5.74) is -0.510. The number of rotatable bonds is 10. The minimum Gasteiger partial charge on any atom is -0.461 e. The smallest absolute Gasteiger partial charge is 0.329 e. The fraction of sp³-hybridized carbons (Fsp3) is 0.842. The second kappa shape index (κ2) is 10.5. The van der Waals surface area contributed by atoms with Crippen molar-refractivity contribution >= 4 is 18.3 Å². The summed E-state index contributed by atoms with van der Waals surface area (Å²) in [6.07, 6.45) is 6.28. The van der Waals surface area contributed by atoms with Gasteiger partial charge in [0.1, 0.15) is 12.1 Å². The van der Waals surface area contributed by atoms with Gasteiger partial charge in [-0.15, -0.1) is 0 Å². The van der Waals surface area contributed by atoms with E-state index in [1.54, 1.807) is 0 Å². The van der Waals surface area contributed by atoms with E-state index in [0.717, 1.165) is 38.5 Å². The highest BCUT2D eigenvalue weighted by Crippen LogP contribution is 2.26. The molecule has 1 unspecified atom stereocenters. The van der Waals surface area contributed by atoms with Crippen molar-refractivity contribution in [2.75, 3.05) is 6.54 Å². The van der Waals surface area contributed by atoms with Crippen LogP contribution >= 0.6 is 0 Å². The Morgan fingerprint density at radius 2 is 1.92 bits per heavy atom. The van der Waals surface area contributed by atoms with Crippen LogP contribution in [0.15, 0.2) is 0 Å². The first-order chi connectivity index (χ1) is 12.2. The molecule has 2 amide bonds. The van der Waals surface area contributed by atoms with Gasteiger partial charge in [0, 0.05) is 0 Å².